The SMILES string of the molecule is CCN1CCN(c2cccc[n+]2C)CC1. The first-order valence-corrected chi connectivity index (χ1v) is 5.73. The number of pyridine rings is 1. The zero-order valence-corrected chi connectivity index (χ0v) is 9.69. The summed E-state index contributed by atoms with van der Waals surface area (Å²) in [4.78, 5) is 4.96. The third-order valence-electron chi connectivity index (χ3n) is 3.17. The molecule has 0 spiro atoms. The van der Waals surface area contributed by atoms with Crippen molar-refractivity contribution in [2.24, 2.45) is 7.05 Å². The number of rotatable bonds is 2. The van der Waals surface area contributed by atoms with E-state index >= 15 is 0 Å². The molecule has 0 bridgehead atoms. The second-order valence-corrected chi connectivity index (χ2v) is 4.09. The number of aromatic nitrogens is 1. The van der Waals surface area contributed by atoms with E-state index in [0.717, 1.165) is 13.1 Å². The summed E-state index contributed by atoms with van der Waals surface area (Å²) in [5, 5.41) is 0. The molecule has 0 aliphatic carbocycles. The summed E-state index contributed by atoms with van der Waals surface area (Å²) < 4.78 is 2.20. The van der Waals surface area contributed by atoms with E-state index in [1.807, 2.05) is 0 Å². The van der Waals surface area contributed by atoms with Crippen LogP contribution < -0.4 is 9.47 Å². The van der Waals surface area contributed by atoms with Gasteiger partial charge in [0.2, 0.25) is 0 Å². The topological polar surface area (TPSA) is 10.4 Å². The average Bonchev–Trinajstić information content (AvgIpc) is 2.30. The van der Waals surface area contributed by atoms with Crippen LogP contribution in [0.4, 0.5) is 5.82 Å². The highest BCUT2D eigenvalue weighted by atomic mass is 15.3. The van der Waals surface area contributed by atoms with E-state index in [0.29, 0.717) is 0 Å². The Balaban J connectivity index is 2.04. The van der Waals surface area contributed by atoms with Gasteiger partial charge in [-0.25, -0.2) is 4.57 Å². The largest absolute Gasteiger partial charge is 0.296 e. The highest BCUT2D eigenvalue weighted by Gasteiger charge is 2.22. The van der Waals surface area contributed by atoms with Crippen molar-refractivity contribution in [3.05, 3.63) is 24.4 Å². The standard InChI is InChI=1S/C12H20N3/c1-3-14-8-10-15(11-9-14)12-6-4-5-7-13(12)2/h4-7H,3,8-11H2,1-2H3/q+1. The van der Waals surface area contributed by atoms with Gasteiger partial charge in [0.15, 0.2) is 0 Å². The molecule has 0 atom stereocenters. The van der Waals surface area contributed by atoms with E-state index < -0.39 is 0 Å². The van der Waals surface area contributed by atoms with E-state index in [4.69, 9.17) is 0 Å². The smallest absolute Gasteiger partial charge is 0.276 e. The molecule has 1 fully saturated rings. The van der Waals surface area contributed by atoms with Crippen LogP contribution >= 0.6 is 0 Å². The molecule has 1 aromatic heterocycles. The molecule has 15 heavy (non-hydrogen) atoms. The molecule has 3 heteroatoms. The van der Waals surface area contributed by atoms with Crippen molar-refractivity contribution in [1.82, 2.24) is 4.90 Å². The maximum absolute atomic E-state index is 2.50. The molecule has 0 radical (unpaired) electrons. The molecule has 0 saturated carbocycles. The van der Waals surface area contributed by atoms with Gasteiger partial charge >= 0.3 is 0 Å². The Kier molecular flexibility index (Phi) is 3.21. The molecule has 0 N–H and O–H groups in total. The van der Waals surface area contributed by atoms with Crippen LogP contribution in [0.5, 0.6) is 0 Å². The summed E-state index contributed by atoms with van der Waals surface area (Å²) in [5.74, 6) is 1.33. The molecule has 0 amide bonds. The van der Waals surface area contributed by atoms with Crippen molar-refractivity contribution < 1.29 is 4.57 Å². The summed E-state index contributed by atoms with van der Waals surface area (Å²) in [7, 11) is 2.11. The summed E-state index contributed by atoms with van der Waals surface area (Å²) in [6.07, 6.45) is 2.11. The van der Waals surface area contributed by atoms with E-state index in [9.17, 15) is 0 Å². The van der Waals surface area contributed by atoms with Crippen molar-refractivity contribution in [1.29, 1.82) is 0 Å². The maximum atomic E-state index is 2.50. The van der Waals surface area contributed by atoms with Crippen LogP contribution in [0.2, 0.25) is 0 Å². The number of piperazine rings is 1. The third-order valence-corrected chi connectivity index (χ3v) is 3.17. The average molecular weight is 206 g/mol. The molecule has 0 aromatic carbocycles. The van der Waals surface area contributed by atoms with Gasteiger partial charge in [0, 0.05) is 19.2 Å². The Morgan fingerprint density at radius 3 is 2.53 bits per heavy atom. The van der Waals surface area contributed by atoms with Gasteiger partial charge in [-0.3, -0.25) is 9.80 Å². The lowest BCUT2D eigenvalue weighted by Crippen LogP contribution is -2.50. The third kappa shape index (κ3) is 2.29. The van der Waals surface area contributed by atoms with Crippen molar-refractivity contribution in [2.75, 3.05) is 37.6 Å². The molecule has 1 aliphatic heterocycles. The summed E-state index contributed by atoms with van der Waals surface area (Å²) in [5.41, 5.74) is 0. The fourth-order valence-corrected chi connectivity index (χ4v) is 2.14. The van der Waals surface area contributed by atoms with Crippen LogP contribution in [0.1, 0.15) is 6.92 Å². The Bertz CT molecular complexity index is 316. The van der Waals surface area contributed by atoms with Gasteiger partial charge < -0.3 is 0 Å². The van der Waals surface area contributed by atoms with Gasteiger partial charge in [0.05, 0.1) is 26.3 Å². The molecule has 0 unspecified atom stereocenters. The lowest BCUT2D eigenvalue weighted by molar-refractivity contribution is -0.659. The number of hydrogen-bond donors (Lipinski definition) is 0. The molecule has 82 valence electrons. The normalized spacial score (nSPS) is 18.1. The fourth-order valence-electron chi connectivity index (χ4n) is 2.14. The van der Waals surface area contributed by atoms with Gasteiger partial charge in [-0.2, -0.15) is 0 Å². The number of likely N-dealkylation sites (N-methyl/N-ethyl adjacent to an activating group) is 1. The van der Waals surface area contributed by atoms with Crippen LogP contribution in [-0.4, -0.2) is 37.6 Å². The van der Waals surface area contributed by atoms with Crippen molar-refractivity contribution in [2.45, 2.75) is 6.92 Å². The highest BCUT2D eigenvalue weighted by Crippen LogP contribution is 2.10. The molecule has 2 rings (SSSR count). The predicted octanol–water partition coefficient (Wildman–Crippen LogP) is 0.653. The van der Waals surface area contributed by atoms with Crippen LogP contribution in [-0.2, 0) is 7.05 Å². The molecule has 1 aromatic rings. The first kappa shape index (κ1) is 10.4. The summed E-state index contributed by atoms with van der Waals surface area (Å²) >= 11 is 0. The molecule has 1 saturated heterocycles. The lowest BCUT2D eigenvalue weighted by atomic mass is 10.3. The Morgan fingerprint density at radius 1 is 1.20 bits per heavy atom. The first-order valence-electron chi connectivity index (χ1n) is 5.73. The monoisotopic (exact) mass is 206 g/mol. The van der Waals surface area contributed by atoms with Gasteiger partial charge in [0.1, 0.15) is 0 Å². The van der Waals surface area contributed by atoms with Gasteiger partial charge in [-0.1, -0.05) is 13.0 Å². The second kappa shape index (κ2) is 4.62. The molecule has 1 aliphatic rings. The summed E-state index contributed by atoms with van der Waals surface area (Å²) in [6.45, 7) is 8.07. The predicted molar refractivity (Wildman–Crippen MR) is 61.9 cm³/mol. The van der Waals surface area contributed by atoms with E-state index in [-0.39, 0.29) is 0 Å². The minimum atomic E-state index is 1.14. The minimum Gasteiger partial charge on any atom is -0.296 e. The number of nitrogens with zero attached hydrogens (tertiary/aromatic N) is 3. The lowest BCUT2D eigenvalue weighted by Gasteiger charge is -2.30. The van der Waals surface area contributed by atoms with Crippen molar-refractivity contribution >= 4 is 5.82 Å². The maximum Gasteiger partial charge on any atom is 0.276 e. The van der Waals surface area contributed by atoms with Gasteiger partial charge in [0.25, 0.3) is 5.82 Å². The summed E-state index contributed by atoms with van der Waals surface area (Å²) in [6, 6.07) is 6.38. The Labute approximate surface area is 91.9 Å². The molecule has 3 nitrogen and oxygen atoms in total. The van der Waals surface area contributed by atoms with E-state index in [2.05, 4.69) is 52.7 Å². The molecular weight excluding hydrogens is 186 g/mol. The molecular formula is C12H20N3+. The number of hydrogen-bond acceptors (Lipinski definition) is 2. The van der Waals surface area contributed by atoms with Gasteiger partial charge in [-0.05, 0) is 12.6 Å². The van der Waals surface area contributed by atoms with Crippen LogP contribution in [0.3, 0.4) is 0 Å². The Morgan fingerprint density at radius 2 is 1.93 bits per heavy atom. The minimum absolute atomic E-state index is 1.14. The molecule has 2 heterocycles. The zero-order valence-electron chi connectivity index (χ0n) is 9.69. The number of aryl methyl sites for hydroxylation is 1. The number of anilines is 1. The van der Waals surface area contributed by atoms with Crippen molar-refractivity contribution in [3.63, 3.8) is 0 Å². The van der Waals surface area contributed by atoms with Crippen LogP contribution in [0.15, 0.2) is 24.4 Å². The zero-order chi connectivity index (χ0) is 10.7. The van der Waals surface area contributed by atoms with E-state index in [1.54, 1.807) is 0 Å². The Hall–Kier alpha value is -1.09. The highest BCUT2D eigenvalue weighted by molar-refractivity contribution is 5.33. The first-order chi connectivity index (χ1) is 7.31. The van der Waals surface area contributed by atoms with E-state index in [1.165, 1.54) is 25.5 Å². The van der Waals surface area contributed by atoms with Crippen LogP contribution in [0.25, 0.3) is 0 Å². The van der Waals surface area contributed by atoms with Crippen molar-refractivity contribution in [3.8, 4) is 0 Å². The van der Waals surface area contributed by atoms with Crippen LogP contribution in [0, 0.1) is 0 Å². The second-order valence-electron chi connectivity index (χ2n) is 4.09. The fraction of sp³-hybridized carbons (Fsp3) is 0.583. The van der Waals surface area contributed by atoms with Gasteiger partial charge in [-0.15, -0.1) is 0 Å². The quantitative estimate of drug-likeness (QED) is 0.658.